The molecule has 0 unspecified atom stereocenters. The van der Waals surface area contributed by atoms with Gasteiger partial charge >= 0.3 is 0 Å². The molecular formula is C18H19BrFN3O3S. The summed E-state index contributed by atoms with van der Waals surface area (Å²) in [6.07, 6.45) is 0. The van der Waals surface area contributed by atoms with Crippen molar-refractivity contribution in [1.82, 2.24) is 9.62 Å². The van der Waals surface area contributed by atoms with E-state index in [0.717, 1.165) is 4.47 Å². The molecule has 0 saturated carbocycles. The first kappa shape index (κ1) is 19.8. The van der Waals surface area contributed by atoms with Crippen LogP contribution in [0.25, 0.3) is 0 Å². The topological polar surface area (TPSA) is 69.7 Å². The largest absolute Gasteiger partial charge is 0.366 e. The van der Waals surface area contributed by atoms with Crippen molar-refractivity contribution < 1.29 is 17.6 Å². The minimum Gasteiger partial charge on any atom is -0.366 e. The summed E-state index contributed by atoms with van der Waals surface area (Å²) in [7, 11) is -3.75. The molecule has 0 atom stereocenters. The van der Waals surface area contributed by atoms with Gasteiger partial charge in [-0.3, -0.25) is 4.79 Å². The van der Waals surface area contributed by atoms with E-state index in [1.54, 1.807) is 35.2 Å². The van der Waals surface area contributed by atoms with Gasteiger partial charge in [0.1, 0.15) is 5.82 Å². The lowest BCUT2D eigenvalue weighted by Gasteiger charge is -2.36. The molecule has 2 aromatic carbocycles. The highest BCUT2D eigenvalue weighted by Crippen LogP contribution is 2.20. The lowest BCUT2D eigenvalue weighted by molar-refractivity contribution is -0.130. The van der Waals surface area contributed by atoms with Crippen LogP contribution in [0, 0.1) is 5.82 Å². The zero-order chi connectivity index (χ0) is 19.4. The molecule has 144 valence electrons. The normalized spacial score (nSPS) is 15.0. The molecule has 1 heterocycles. The Morgan fingerprint density at radius 2 is 1.67 bits per heavy atom. The third kappa shape index (κ3) is 4.85. The van der Waals surface area contributed by atoms with Gasteiger partial charge < -0.3 is 9.80 Å². The van der Waals surface area contributed by atoms with Gasteiger partial charge in [0.05, 0.1) is 17.1 Å². The summed E-state index contributed by atoms with van der Waals surface area (Å²) in [6.45, 7) is 1.50. The molecular weight excluding hydrogens is 437 g/mol. The average molecular weight is 456 g/mol. The summed E-state index contributed by atoms with van der Waals surface area (Å²) < 4.78 is 41.5. The molecule has 0 bridgehead atoms. The quantitative estimate of drug-likeness (QED) is 0.750. The second-order valence-corrected chi connectivity index (χ2v) is 8.78. The maximum absolute atomic E-state index is 13.9. The Bertz CT molecular complexity index is 914. The molecule has 1 N–H and O–H groups in total. The van der Waals surface area contributed by atoms with E-state index in [0.29, 0.717) is 31.9 Å². The van der Waals surface area contributed by atoms with Crippen LogP contribution in [0.1, 0.15) is 0 Å². The van der Waals surface area contributed by atoms with E-state index in [1.165, 1.54) is 18.2 Å². The van der Waals surface area contributed by atoms with E-state index in [-0.39, 0.29) is 23.2 Å². The molecule has 0 radical (unpaired) electrons. The second-order valence-electron chi connectivity index (χ2n) is 6.10. The Kier molecular flexibility index (Phi) is 6.13. The number of carbonyl (C=O) groups is 1. The van der Waals surface area contributed by atoms with Crippen molar-refractivity contribution in [3.05, 3.63) is 58.8 Å². The Hall–Kier alpha value is -1.97. The van der Waals surface area contributed by atoms with Gasteiger partial charge in [-0.1, -0.05) is 28.1 Å². The fraction of sp³-hybridized carbons (Fsp3) is 0.278. The molecule has 1 amide bonds. The molecule has 0 aromatic heterocycles. The molecule has 6 nitrogen and oxygen atoms in total. The third-order valence-corrected chi connectivity index (χ3v) is 6.31. The summed E-state index contributed by atoms with van der Waals surface area (Å²) in [4.78, 5) is 15.9. The van der Waals surface area contributed by atoms with Gasteiger partial charge in [0.25, 0.3) is 0 Å². The van der Waals surface area contributed by atoms with Crippen LogP contribution in [0.15, 0.2) is 57.9 Å². The van der Waals surface area contributed by atoms with E-state index in [2.05, 4.69) is 20.7 Å². The highest BCUT2D eigenvalue weighted by atomic mass is 79.9. The number of nitrogens with zero attached hydrogens (tertiary/aromatic N) is 2. The number of anilines is 1. The molecule has 1 aliphatic rings. The third-order valence-electron chi connectivity index (χ3n) is 4.36. The predicted molar refractivity (Wildman–Crippen MR) is 105 cm³/mol. The summed E-state index contributed by atoms with van der Waals surface area (Å²) in [5, 5.41) is 0. The SMILES string of the molecule is O=C(CNS(=O)(=O)c1ccc(Br)cc1)N1CCN(c2ccccc2F)CC1. The second kappa shape index (κ2) is 8.37. The number of rotatable bonds is 5. The molecule has 0 aliphatic carbocycles. The summed E-state index contributed by atoms with van der Waals surface area (Å²) >= 11 is 3.25. The Morgan fingerprint density at radius 1 is 1.04 bits per heavy atom. The number of nitrogens with one attached hydrogen (secondary N) is 1. The van der Waals surface area contributed by atoms with Crippen molar-refractivity contribution >= 4 is 37.5 Å². The first-order chi connectivity index (χ1) is 12.9. The van der Waals surface area contributed by atoms with Crippen molar-refractivity contribution in [3.8, 4) is 0 Å². The highest BCUT2D eigenvalue weighted by Gasteiger charge is 2.24. The molecule has 27 heavy (non-hydrogen) atoms. The van der Waals surface area contributed by atoms with Crippen molar-refractivity contribution in [2.75, 3.05) is 37.6 Å². The van der Waals surface area contributed by atoms with Crippen LogP contribution < -0.4 is 9.62 Å². The molecule has 1 saturated heterocycles. The highest BCUT2D eigenvalue weighted by molar-refractivity contribution is 9.10. The molecule has 0 spiro atoms. The minimum atomic E-state index is -3.75. The predicted octanol–water partition coefficient (Wildman–Crippen LogP) is 2.22. The number of hydrogen-bond donors (Lipinski definition) is 1. The number of halogens is 2. The van der Waals surface area contributed by atoms with Crippen LogP contribution in [0.5, 0.6) is 0 Å². The number of para-hydroxylation sites is 1. The van der Waals surface area contributed by atoms with Crippen molar-refractivity contribution in [2.45, 2.75) is 4.90 Å². The maximum atomic E-state index is 13.9. The van der Waals surface area contributed by atoms with Gasteiger partial charge in [-0.25, -0.2) is 17.5 Å². The zero-order valence-electron chi connectivity index (χ0n) is 14.4. The minimum absolute atomic E-state index is 0.0999. The maximum Gasteiger partial charge on any atom is 0.241 e. The Balaban J connectivity index is 1.54. The average Bonchev–Trinajstić information content (AvgIpc) is 2.67. The van der Waals surface area contributed by atoms with Gasteiger partial charge in [0.2, 0.25) is 15.9 Å². The lowest BCUT2D eigenvalue weighted by atomic mass is 10.2. The number of amides is 1. The van der Waals surface area contributed by atoms with Gasteiger partial charge in [-0.05, 0) is 36.4 Å². The van der Waals surface area contributed by atoms with E-state index in [9.17, 15) is 17.6 Å². The molecule has 9 heteroatoms. The summed E-state index contributed by atoms with van der Waals surface area (Å²) in [6, 6.07) is 12.7. The zero-order valence-corrected chi connectivity index (χ0v) is 16.8. The fourth-order valence-electron chi connectivity index (χ4n) is 2.87. The van der Waals surface area contributed by atoms with Gasteiger partial charge in [0, 0.05) is 30.7 Å². The van der Waals surface area contributed by atoms with E-state index < -0.39 is 10.0 Å². The van der Waals surface area contributed by atoms with Crippen LogP contribution in [-0.4, -0.2) is 51.9 Å². The lowest BCUT2D eigenvalue weighted by Crippen LogP contribution is -2.51. The molecule has 1 fully saturated rings. The van der Waals surface area contributed by atoms with Crippen molar-refractivity contribution in [2.24, 2.45) is 0 Å². The first-order valence-corrected chi connectivity index (χ1v) is 10.7. The molecule has 1 aliphatic heterocycles. The van der Waals surface area contributed by atoms with E-state index in [4.69, 9.17) is 0 Å². The van der Waals surface area contributed by atoms with E-state index in [1.807, 2.05) is 4.90 Å². The van der Waals surface area contributed by atoms with E-state index >= 15 is 0 Å². The van der Waals surface area contributed by atoms with Crippen LogP contribution in [0.2, 0.25) is 0 Å². The van der Waals surface area contributed by atoms with Crippen molar-refractivity contribution in [3.63, 3.8) is 0 Å². The number of benzene rings is 2. The van der Waals surface area contributed by atoms with Gasteiger partial charge in [0.15, 0.2) is 0 Å². The molecule has 2 aromatic rings. The van der Waals surface area contributed by atoms with Crippen LogP contribution in [0.4, 0.5) is 10.1 Å². The number of carbonyl (C=O) groups excluding carboxylic acids is 1. The number of sulfonamides is 1. The van der Waals surface area contributed by atoms with Crippen LogP contribution in [0.3, 0.4) is 0 Å². The first-order valence-electron chi connectivity index (χ1n) is 8.39. The Labute approximate surface area is 166 Å². The fourth-order valence-corrected chi connectivity index (χ4v) is 4.11. The van der Waals surface area contributed by atoms with Crippen molar-refractivity contribution in [1.29, 1.82) is 0 Å². The van der Waals surface area contributed by atoms with Gasteiger partial charge in [-0.15, -0.1) is 0 Å². The van der Waals surface area contributed by atoms with Crippen LogP contribution >= 0.6 is 15.9 Å². The van der Waals surface area contributed by atoms with Crippen LogP contribution in [-0.2, 0) is 14.8 Å². The summed E-state index contributed by atoms with van der Waals surface area (Å²) in [5.41, 5.74) is 0.514. The standard InChI is InChI=1S/C18H19BrFN3O3S/c19-14-5-7-15(8-6-14)27(25,26)21-13-18(24)23-11-9-22(10-12-23)17-4-2-1-3-16(17)20/h1-8,21H,9-13H2. The number of hydrogen-bond acceptors (Lipinski definition) is 4. The molecule has 3 rings (SSSR count). The smallest absolute Gasteiger partial charge is 0.241 e. The monoisotopic (exact) mass is 455 g/mol. The Morgan fingerprint density at radius 3 is 2.30 bits per heavy atom. The van der Waals surface area contributed by atoms with Gasteiger partial charge in [-0.2, -0.15) is 0 Å². The number of piperazine rings is 1. The summed E-state index contributed by atoms with van der Waals surface area (Å²) in [5.74, 6) is -0.594.